The van der Waals surface area contributed by atoms with Gasteiger partial charge in [-0.1, -0.05) is 6.07 Å². The summed E-state index contributed by atoms with van der Waals surface area (Å²) in [5.41, 5.74) is 0.904. The van der Waals surface area contributed by atoms with Crippen LogP contribution in [0.3, 0.4) is 0 Å². The number of benzene rings is 2. The van der Waals surface area contributed by atoms with Gasteiger partial charge in [-0.05, 0) is 68.5 Å². The lowest BCUT2D eigenvalue weighted by Gasteiger charge is -2.23. The number of fused-ring (bicyclic) bond motifs is 1. The second-order valence-corrected chi connectivity index (χ2v) is 10.9. The fraction of sp³-hybridized carbons (Fsp3) is 0.207. The van der Waals surface area contributed by atoms with E-state index < -0.39 is 40.7 Å². The highest BCUT2D eigenvalue weighted by molar-refractivity contribution is 7.20. The van der Waals surface area contributed by atoms with Crippen molar-refractivity contribution in [2.24, 2.45) is 0 Å². The van der Waals surface area contributed by atoms with Gasteiger partial charge in [-0.3, -0.25) is 19.8 Å². The number of carbonyl (C=O) groups is 2. The summed E-state index contributed by atoms with van der Waals surface area (Å²) >= 11 is 1.01. The lowest BCUT2D eigenvalue weighted by Crippen LogP contribution is -2.33. The van der Waals surface area contributed by atoms with Gasteiger partial charge in [0.25, 0.3) is 11.6 Å². The number of hydrogen-bond donors (Lipinski definition) is 1. The van der Waals surface area contributed by atoms with Crippen molar-refractivity contribution in [3.05, 3.63) is 99.4 Å². The molecule has 232 valence electrons. The highest BCUT2D eigenvalue weighted by Crippen LogP contribution is 2.44. The van der Waals surface area contributed by atoms with Gasteiger partial charge in [-0.15, -0.1) is 26.6 Å². The Balaban J connectivity index is 1.72. The highest BCUT2D eigenvalue weighted by Gasteiger charge is 2.33. The summed E-state index contributed by atoms with van der Waals surface area (Å²) in [5, 5.41) is 26.1. The van der Waals surface area contributed by atoms with Crippen LogP contribution in [0.15, 0.2) is 60.9 Å². The molecule has 0 aliphatic heterocycles. The average molecular weight is 637 g/mol. The van der Waals surface area contributed by atoms with Gasteiger partial charge < -0.3 is 15.0 Å². The first kappa shape index (κ1) is 31.1. The number of nitro groups is 1. The van der Waals surface area contributed by atoms with E-state index >= 15 is 0 Å². The Morgan fingerprint density at radius 2 is 1.76 bits per heavy atom. The highest BCUT2D eigenvalue weighted by atomic mass is 32.1. The zero-order chi connectivity index (χ0) is 32.2. The lowest BCUT2D eigenvalue weighted by atomic mass is 10.0. The van der Waals surface area contributed by atoms with Crippen LogP contribution < -0.4 is 10.2 Å². The van der Waals surface area contributed by atoms with Crippen LogP contribution in [0, 0.1) is 21.7 Å². The molecule has 5 rings (SSSR count). The smallest absolute Gasteiger partial charge is 0.415 e. The number of anilines is 2. The molecule has 0 unspecified atom stereocenters. The predicted octanol–water partition coefficient (Wildman–Crippen LogP) is 5.52. The van der Waals surface area contributed by atoms with E-state index in [-0.39, 0.29) is 35.2 Å². The monoisotopic (exact) mass is 636 g/mol. The summed E-state index contributed by atoms with van der Waals surface area (Å²) in [6, 6.07) is 12.2. The molecule has 0 saturated heterocycles. The molecule has 0 radical (unpaired) electrons. The van der Waals surface area contributed by atoms with Crippen LogP contribution in [0.4, 0.5) is 30.1 Å². The van der Waals surface area contributed by atoms with Gasteiger partial charge >= 0.3 is 6.09 Å². The number of thiophene rings is 1. The number of rotatable bonds is 10. The van der Waals surface area contributed by atoms with E-state index in [1.807, 2.05) is 0 Å². The normalized spacial score (nSPS) is 11.2. The summed E-state index contributed by atoms with van der Waals surface area (Å²) in [4.78, 5) is 41.7. The standard InChI is InChI=1S/C29H26F2N8O5S/c1-4-44-29(41)37(15-19-21(30)6-5-7-22(19)31)28-25(27(40)33-23-12-13-24-34-32-16-38(24)35-23)20(14-36(2)3)26(45-28)17-8-10-18(11-9-17)39(42)43/h5-13,16H,4,14-15H2,1-3H3,(H,33,35,40). The number of nitrogens with zero attached hydrogens (tertiary/aromatic N) is 7. The summed E-state index contributed by atoms with van der Waals surface area (Å²) < 4.78 is 36.4. The van der Waals surface area contributed by atoms with Gasteiger partial charge in [-0.2, -0.15) is 4.52 Å². The quantitative estimate of drug-likeness (QED) is 0.155. The molecule has 0 atom stereocenters. The molecule has 0 saturated carbocycles. The van der Waals surface area contributed by atoms with Gasteiger partial charge in [0, 0.05) is 29.1 Å². The number of carbonyl (C=O) groups excluding carboxylic acids is 2. The Hall–Kier alpha value is -5.35. The van der Waals surface area contributed by atoms with Gasteiger partial charge in [0.2, 0.25) is 0 Å². The van der Waals surface area contributed by atoms with Crippen LogP contribution in [-0.2, 0) is 17.8 Å². The minimum absolute atomic E-state index is 0.0255. The third kappa shape index (κ3) is 6.61. The second kappa shape index (κ2) is 13.1. The molecule has 0 bridgehead atoms. The average Bonchev–Trinajstić information content (AvgIpc) is 3.61. The Morgan fingerprint density at radius 3 is 2.40 bits per heavy atom. The predicted molar refractivity (Wildman–Crippen MR) is 162 cm³/mol. The van der Waals surface area contributed by atoms with Crippen LogP contribution in [0.2, 0.25) is 0 Å². The molecule has 3 heterocycles. The molecule has 0 spiro atoms. The molecule has 2 aromatic carbocycles. The Bertz CT molecular complexity index is 1870. The summed E-state index contributed by atoms with van der Waals surface area (Å²) in [7, 11) is 3.55. The number of aromatic nitrogens is 4. The molecule has 2 amide bonds. The maximum Gasteiger partial charge on any atom is 0.415 e. The van der Waals surface area contributed by atoms with Gasteiger partial charge in [-0.25, -0.2) is 13.6 Å². The molecule has 0 fully saturated rings. The maximum absolute atomic E-state index is 14.9. The van der Waals surface area contributed by atoms with E-state index in [9.17, 15) is 28.5 Å². The van der Waals surface area contributed by atoms with Crippen LogP contribution in [0.5, 0.6) is 0 Å². The molecule has 3 aromatic heterocycles. The number of halogens is 2. The molecule has 1 N–H and O–H groups in total. The van der Waals surface area contributed by atoms with Crippen LogP contribution >= 0.6 is 11.3 Å². The lowest BCUT2D eigenvalue weighted by molar-refractivity contribution is -0.384. The first-order valence-corrected chi connectivity index (χ1v) is 14.3. The van der Waals surface area contributed by atoms with E-state index in [0.717, 1.165) is 28.4 Å². The third-order valence-corrected chi connectivity index (χ3v) is 7.85. The van der Waals surface area contributed by atoms with E-state index in [1.165, 1.54) is 47.2 Å². The number of nitro benzene ring substituents is 1. The van der Waals surface area contributed by atoms with Crippen molar-refractivity contribution in [1.29, 1.82) is 0 Å². The minimum atomic E-state index is -0.939. The topological polar surface area (TPSA) is 148 Å². The Kier molecular flexibility index (Phi) is 9.06. The van der Waals surface area contributed by atoms with Crippen molar-refractivity contribution in [2.45, 2.75) is 20.0 Å². The first-order valence-electron chi connectivity index (χ1n) is 13.5. The van der Waals surface area contributed by atoms with Crippen LogP contribution in [0.1, 0.15) is 28.4 Å². The van der Waals surface area contributed by atoms with Gasteiger partial charge in [0.05, 0.1) is 23.6 Å². The maximum atomic E-state index is 14.9. The number of nitrogens with one attached hydrogen (secondary N) is 1. The van der Waals surface area contributed by atoms with Crippen molar-refractivity contribution >= 4 is 45.5 Å². The summed E-state index contributed by atoms with van der Waals surface area (Å²) in [5.74, 6) is -2.31. The summed E-state index contributed by atoms with van der Waals surface area (Å²) in [6.45, 7) is 1.12. The number of non-ortho nitro benzene ring substituents is 1. The van der Waals surface area contributed by atoms with Crippen molar-refractivity contribution in [3.8, 4) is 10.4 Å². The molecule has 16 heteroatoms. The SMILES string of the molecule is CCOC(=O)N(Cc1c(F)cccc1F)c1sc(-c2ccc([N+](=O)[O-])cc2)c(CN(C)C)c1C(=O)Nc1ccc2nncn2n1. The third-order valence-electron chi connectivity index (χ3n) is 6.54. The zero-order valence-electron chi connectivity index (χ0n) is 24.2. The Labute approximate surface area is 258 Å². The number of amides is 2. The Morgan fingerprint density at radius 1 is 1.04 bits per heavy atom. The van der Waals surface area contributed by atoms with Crippen LogP contribution in [-0.4, -0.2) is 62.3 Å². The van der Waals surface area contributed by atoms with E-state index in [1.54, 1.807) is 32.0 Å². The first-order chi connectivity index (χ1) is 21.6. The van der Waals surface area contributed by atoms with Crippen molar-refractivity contribution in [2.75, 3.05) is 30.9 Å². The molecule has 13 nitrogen and oxygen atoms in total. The fourth-order valence-electron chi connectivity index (χ4n) is 4.55. The molecule has 0 aliphatic carbocycles. The van der Waals surface area contributed by atoms with Crippen molar-refractivity contribution in [3.63, 3.8) is 0 Å². The second-order valence-electron chi connectivity index (χ2n) is 9.92. The van der Waals surface area contributed by atoms with Gasteiger partial charge in [0.15, 0.2) is 11.5 Å². The van der Waals surface area contributed by atoms with E-state index in [0.29, 0.717) is 21.7 Å². The van der Waals surface area contributed by atoms with E-state index in [2.05, 4.69) is 20.6 Å². The molecule has 5 aromatic rings. The van der Waals surface area contributed by atoms with Crippen molar-refractivity contribution < 1.29 is 28.0 Å². The van der Waals surface area contributed by atoms with Crippen molar-refractivity contribution in [1.82, 2.24) is 24.7 Å². The summed E-state index contributed by atoms with van der Waals surface area (Å²) in [6.07, 6.45) is 0.419. The van der Waals surface area contributed by atoms with Gasteiger partial charge in [0.1, 0.15) is 23.0 Å². The fourth-order valence-corrected chi connectivity index (χ4v) is 5.85. The molecular weight excluding hydrogens is 610 g/mol. The number of ether oxygens (including phenoxy) is 1. The zero-order valence-corrected chi connectivity index (χ0v) is 25.0. The molecule has 45 heavy (non-hydrogen) atoms. The van der Waals surface area contributed by atoms with E-state index in [4.69, 9.17) is 4.74 Å². The molecule has 0 aliphatic rings. The minimum Gasteiger partial charge on any atom is -0.449 e. The molecular formula is C29H26F2N8O5S. The largest absolute Gasteiger partial charge is 0.449 e. The van der Waals surface area contributed by atoms with Crippen LogP contribution in [0.25, 0.3) is 16.1 Å². The number of hydrogen-bond acceptors (Lipinski definition) is 10.